The molecular formula is C12H20N4S. The lowest BCUT2D eigenvalue weighted by Crippen LogP contribution is -2.40. The van der Waals surface area contributed by atoms with Crippen LogP contribution >= 0.6 is 11.8 Å². The molecule has 0 spiro atoms. The van der Waals surface area contributed by atoms with E-state index in [9.17, 15) is 0 Å². The number of hydrogen-bond acceptors (Lipinski definition) is 3. The summed E-state index contributed by atoms with van der Waals surface area (Å²) in [5, 5.41) is 8.78. The predicted molar refractivity (Wildman–Crippen MR) is 73.4 cm³/mol. The van der Waals surface area contributed by atoms with Crippen molar-refractivity contribution in [2.75, 3.05) is 5.75 Å². The van der Waals surface area contributed by atoms with Gasteiger partial charge in [-0.15, -0.1) is 0 Å². The van der Waals surface area contributed by atoms with Crippen LogP contribution in [0.4, 0.5) is 0 Å². The third-order valence-corrected chi connectivity index (χ3v) is 4.33. The summed E-state index contributed by atoms with van der Waals surface area (Å²) in [6.07, 6.45) is 4.91. The van der Waals surface area contributed by atoms with E-state index in [4.69, 9.17) is 4.99 Å². The minimum Gasteiger partial charge on any atom is -0.359 e. The van der Waals surface area contributed by atoms with Crippen molar-refractivity contribution in [3.8, 4) is 0 Å². The van der Waals surface area contributed by atoms with Gasteiger partial charge in [0.05, 0.1) is 12.6 Å². The van der Waals surface area contributed by atoms with Crippen molar-refractivity contribution in [2.45, 2.75) is 45.3 Å². The fourth-order valence-electron chi connectivity index (χ4n) is 1.74. The molecule has 0 aliphatic carbocycles. The van der Waals surface area contributed by atoms with Gasteiger partial charge in [0.15, 0.2) is 5.17 Å². The zero-order valence-electron chi connectivity index (χ0n) is 10.7. The highest BCUT2D eigenvalue weighted by atomic mass is 32.2. The fraction of sp³-hybridized carbons (Fsp3) is 0.667. The molecule has 2 heterocycles. The molecule has 2 rings (SSSR count). The van der Waals surface area contributed by atoms with E-state index in [0.717, 1.165) is 23.9 Å². The molecule has 0 saturated carbocycles. The number of amidine groups is 1. The van der Waals surface area contributed by atoms with Gasteiger partial charge in [0.2, 0.25) is 0 Å². The fourth-order valence-corrected chi connectivity index (χ4v) is 3.04. The van der Waals surface area contributed by atoms with Crippen molar-refractivity contribution < 1.29 is 0 Å². The Hall–Kier alpha value is -0.970. The van der Waals surface area contributed by atoms with Crippen molar-refractivity contribution in [2.24, 2.45) is 4.99 Å². The second-order valence-corrected chi connectivity index (χ2v) is 5.80. The van der Waals surface area contributed by atoms with Gasteiger partial charge >= 0.3 is 0 Å². The van der Waals surface area contributed by atoms with Crippen molar-refractivity contribution in [3.63, 3.8) is 0 Å². The Morgan fingerprint density at radius 2 is 2.53 bits per heavy atom. The molecular weight excluding hydrogens is 232 g/mol. The van der Waals surface area contributed by atoms with Crippen molar-refractivity contribution in [3.05, 3.63) is 18.5 Å². The molecule has 2 unspecified atom stereocenters. The lowest BCUT2D eigenvalue weighted by Gasteiger charge is -2.21. The number of hydrogen-bond donors (Lipinski definition) is 1. The molecule has 1 aromatic heterocycles. The molecule has 1 N–H and O–H groups in total. The zero-order valence-corrected chi connectivity index (χ0v) is 11.5. The first-order valence-corrected chi connectivity index (χ1v) is 7.06. The lowest BCUT2D eigenvalue weighted by atomic mass is 10.0. The summed E-state index contributed by atoms with van der Waals surface area (Å²) in [5.74, 6) is 1.11. The van der Waals surface area contributed by atoms with Crippen LogP contribution in [0, 0.1) is 0 Å². The molecule has 0 aromatic carbocycles. The summed E-state index contributed by atoms with van der Waals surface area (Å²) in [6.45, 7) is 7.42. The molecule has 1 saturated heterocycles. The first-order chi connectivity index (χ1) is 8.11. The third-order valence-electron chi connectivity index (χ3n) is 3.06. The average Bonchev–Trinajstić information content (AvgIpc) is 2.90. The third kappa shape index (κ3) is 3.25. The second-order valence-electron chi connectivity index (χ2n) is 4.84. The summed E-state index contributed by atoms with van der Waals surface area (Å²) in [6, 6.07) is 2.19. The Balaban J connectivity index is 1.92. The van der Waals surface area contributed by atoms with E-state index < -0.39 is 0 Å². The topological polar surface area (TPSA) is 42.2 Å². The average molecular weight is 252 g/mol. The first-order valence-electron chi connectivity index (χ1n) is 6.07. The maximum atomic E-state index is 4.70. The van der Waals surface area contributed by atoms with Gasteiger partial charge in [-0.3, -0.25) is 9.67 Å². The van der Waals surface area contributed by atoms with Crippen molar-refractivity contribution in [1.82, 2.24) is 15.1 Å². The number of thioether (sulfide) groups is 1. The number of nitrogens with one attached hydrogen (secondary N) is 1. The van der Waals surface area contributed by atoms with Gasteiger partial charge in [-0.1, -0.05) is 18.7 Å². The Morgan fingerprint density at radius 1 is 1.71 bits per heavy atom. The van der Waals surface area contributed by atoms with Crippen LogP contribution in [0.25, 0.3) is 0 Å². The lowest BCUT2D eigenvalue weighted by molar-refractivity contribution is 0.464. The molecule has 1 fully saturated rings. The Bertz CT molecular complexity index is 387. The number of rotatable bonds is 4. The van der Waals surface area contributed by atoms with Gasteiger partial charge in [0.25, 0.3) is 0 Å². The highest BCUT2D eigenvalue weighted by Gasteiger charge is 2.30. The molecule has 4 nitrogen and oxygen atoms in total. The number of aliphatic imine (C=N–C) groups is 1. The second kappa shape index (κ2) is 5.12. The van der Waals surface area contributed by atoms with Crippen molar-refractivity contribution >= 4 is 16.9 Å². The van der Waals surface area contributed by atoms with Gasteiger partial charge < -0.3 is 5.32 Å². The minimum atomic E-state index is 0.217. The van der Waals surface area contributed by atoms with Crippen LogP contribution in [0.2, 0.25) is 0 Å². The SMILES string of the molecule is CCC1(C)CSC(=NC(C)Cn2cccn2)N1. The molecule has 1 aliphatic rings. The molecule has 0 amide bonds. The Kier molecular flexibility index (Phi) is 3.76. The largest absolute Gasteiger partial charge is 0.359 e. The van der Waals surface area contributed by atoms with E-state index in [1.807, 2.05) is 28.7 Å². The number of aromatic nitrogens is 2. The molecule has 1 aliphatic heterocycles. The van der Waals surface area contributed by atoms with Gasteiger partial charge in [-0.25, -0.2) is 0 Å². The normalized spacial score (nSPS) is 28.3. The monoisotopic (exact) mass is 252 g/mol. The standard InChI is InChI=1S/C12H20N4S/c1-4-12(3)9-17-11(15-12)14-10(2)8-16-7-5-6-13-16/h5-7,10H,4,8-9H2,1-3H3,(H,14,15). The van der Waals surface area contributed by atoms with E-state index in [2.05, 4.69) is 31.2 Å². The van der Waals surface area contributed by atoms with Crippen LogP contribution in [-0.2, 0) is 6.54 Å². The Labute approximate surface area is 107 Å². The number of nitrogens with zero attached hydrogens (tertiary/aromatic N) is 3. The van der Waals surface area contributed by atoms with Crippen LogP contribution in [0.15, 0.2) is 23.5 Å². The molecule has 0 bridgehead atoms. The van der Waals surface area contributed by atoms with Gasteiger partial charge in [-0.05, 0) is 26.3 Å². The maximum absolute atomic E-state index is 4.70. The molecule has 17 heavy (non-hydrogen) atoms. The summed E-state index contributed by atoms with van der Waals surface area (Å²) < 4.78 is 1.92. The molecule has 1 aromatic rings. The highest BCUT2D eigenvalue weighted by molar-refractivity contribution is 8.14. The highest BCUT2D eigenvalue weighted by Crippen LogP contribution is 2.25. The van der Waals surface area contributed by atoms with Gasteiger partial charge in [0, 0.05) is 23.7 Å². The maximum Gasteiger partial charge on any atom is 0.157 e. The summed E-state index contributed by atoms with van der Waals surface area (Å²) in [7, 11) is 0. The summed E-state index contributed by atoms with van der Waals surface area (Å²) in [5.41, 5.74) is 0.217. The van der Waals surface area contributed by atoms with E-state index in [1.165, 1.54) is 0 Å². The Morgan fingerprint density at radius 3 is 3.12 bits per heavy atom. The summed E-state index contributed by atoms with van der Waals surface area (Å²) in [4.78, 5) is 4.70. The van der Waals surface area contributed by atoms with E-state index >= 15 is 0 Å². The van der Waals surface area contributed by atoms with Crippen LogP contribution in [-0.4, -0.2) is 32.3 Å². The predicted octanol–water partition coefficient (Wildman–Crippen LogP) is 2.13. The van der Waals surface area contributed by atoms with Crippen molar-refractivity contribution in [1.29, 1.82) is 0 Å². The summed E-state index contributed by atoms with van der Waals surface area (Å²) >= 11 is 1.82. The van der Waals surface area contributed by atoms with E-state index in [1.54, 1.807) is 6.20 Å². The zero-order chi connectivity index (χ0) is 12.3. The van der Waals surface area contributed by atoms with Crippen LogP contribution in [0.3, 0.4) is 0 Å². The van der Waals surface area contributed by atoms with E-state index in [0.29, 0.717) is 0 Å². The smallest absolute Gasteiger partial charge is 0.157 e. The molecule has 5 heteroatoms. The molecule has 2 atom stereocenters. The van der Waals surface area contributed by atoms with E-state index in [-0.39, 0.29) is 11.6 Å². The van der Waals surface area contributed by atoms with Crippen LogP contribution in [0.5, 0.6) is 0 Å². The molecule has 0 radical (unpaired) electrons. The minimum absolute atomic E-state index is 0.217. The van der Waals surface area contributed by atoms with Crippen LogP contribution in [0.1, 0.15) is 27.2 Å². The van der Waals surface area contributed by atoms with Crippen LogP contribution < -0.4 is 5.32 Å². The first kappa shape index (κ1) is 12.5. The van der Waals surface area contributed by atoms with Gasteiger partial charge in [0.1, 0.15) is 0 Å². The molecule has 94 valence electrons. The quantitative estimate of drug-likeness (QED) is 0.892. The van der Waals surface area contributed by atoms with Gasteiger partial charge in [-0.2, -0.15) is 5.10 Å².